The molecule has 2 N–H and O–H groups in total. The van der Waals surface area contributed by atoms with Crippen molar-refractivity contribution in [3.05, 3.63) is 29.3 Å². The minimum Gasteiger partial charge on any atom is -0.484 e. The Kier molecular flexibility index (Phi) is 6.25. The van der Waals surface area contributed by atoms with E-state index in [4.69, 9.17) is 9.84 Å². The van der Waals surface area contributed by atoms with E-state index in [0.717, 1.165) is 0 Å². The van der Waals surface area contributed by atoms with Crippen LogP contribution in [-0.4, -0.2) is 30.8 Å². The molecule has 1 aromatic rings. The Morgan fingerprint density at radius 1 is 1.04 bits per heavy atom. The summed E-state index contributed by atoms with van der Waals surface area (Å²) in [5.74, 6) is -1.45. The Labute approximate surface area is 127 Å². The van der Waals surface area contributed by atoms with Crippen LogP contribution in [0.5, 0.6) is 5.75 Å². The van der Waals surface area contributed by atoms with Gasteiger partial charge in [-0.05, 0) is 24.6 Å². The van der Waals surface area contributed by atoms with Gasteiger partial charge in [0.1, 0.15) is 5.75 Å². The Bertz CT molecular complexity index is 509. The average molecular weight is 345 g/mol. The van der Waals surface area contributed by atoms with Crippen LogP contribution in [0, 0.1) is 0 Å². The normalized spacial score (nSPS) is 12.1. The molecular weight excluding hydrogens is 332 g/mol. The lowest BCUT2D eigenvalue weighted by molar-refractivity contribution is -0.143. The summed E-state index contributed by atoms with van der Waals surface area (Å²) in [6.07, 6.45) is -9.71. The Morgan fingerprint density at radius 3 is 2.00 bits per heavy atom. The summed E-state index contributed by atoms with van der Waals surface area (Å²) in [7, 11) is 0. The monoisotopic (exact) mass is 345 g/mol. The Morgan fingerprint density at radius 2 is 1.57 bits per heavy atom. The molecule has 4 nitrogen and oxygen atoms in total. The second-order valence-electron chi connectivity index (χ2n) is 4.46. The average Bonchev–Trinajstić information content (AvgIpc) is 2.43. The number of carbonyl (C=O) groups is 1. The van der Waals surface area contributed by atoms with Crippen LogP contribution in [0.15, 0.2) is 18.2 Å². The molecule has 0 fully saturated rings. The van der Waals surface area contributed by atoms with Crippen LogP contribution in [0.3, 0.4) is 0 Å². The van der Waals surface area contributed by atoms with Crippen molar-refractivity contribution in [1.82, 2.24) is 5.32 Å². The van der Waals surface area contributed by atoms with Crippen LogP contribution in [0.25, 0.3) is 0 Å². The fourth-order valence-electron chi connectivity index (χ4n) is 1.52. The first-order valence-corrected chi connectivity index (χ1v) is 6.34. The smallest absolute Gasteiger partial charge is 0.416 e. The van der Waals surface area contributed by atoms with E-state index in [1.54, 1.807) is 0 Å². The van der Waals surface area contributed by atoms with E-state index in [1.165, 1.54) is 0 Å². The molecule has 0 heterocycles. The summed E-state index contributed by atoms with van der Waals surface area (Å²) in [5.41, 5.74) is -3.05. The van der Waals surface area contributed by atoms with Crippen molar-refractivity contribution in [2.24, 2.45) is 0 Å². The van der Waals surface area contributed by atoms with Crippen molar-refractivity contribution >= 4 is 5.91 Å². The van der Waals surface area contributed by atoms with Gasteiger partial charge in [-0.1, -0.05) is 0 Å². The van der Waals surface area contributed by atoms with Crippen LogP contribution in [0.4, 0.5) is 26.3 Å². The summed E-state index contributed by atoms with van der Waals surface area (Å²) in [6.45, 7) is -0.817. The standard InChI is InChI=1S/C13H13F6NO3/c14-12(15,16)8-4-9(13(17,18)19)6-10(5-8)23-7-11(22)20-2-1-3-21/h4-6,21H,1-3,7H2,(H,20,22). The zero-order valence-corrected chi connectivity index (χ0v) is 11.6. The second-order valence-corrected chi connectivity index (χ2v) is 4.46. The summed E-state index contributed by atoms with van der Waals surface area (Å²) in [6, 6.07) is 0.737. The van der Waals surface area contributed by atoms with E-state index in [9.17, 15) is 31.1 Å². The number of alkyl halides is 6. The van der Waals surface area contributed by atoms with E-state index in [0.29, 0.717) is 12.1 Å². The van der Waals surface area contributed by atoms with Gasteiger partial charge in [-0.2, -0.15) is 26.3 Å². The maximum Gasteiger partial charge on any atom is 0.416 e. The molecule has 10 heteroatoms. The zero-order chi connectivity index (χ0) is 17.7. The van der Waals surface area contributed by atoms with Gasteiger partial charge in [-0.15, -0.1) is 0 Å². The molecule has 1 amide bonds. The number of halogens is 6. The van der Waals surface area contributed by atoms with Crippen molar-refractivity contribution in [1.29, 1.82) is 0 Å². The maximum atomic E-state index is 12.6. The lowest BCUT2D eigenvalue weighted by atomic mass is 10.1. The largest absolute Gasteiger partial charge is 0.484 e. The van der Waals surface area contributed by atoms with Gasteiger partial charge in [0.15, 0.2) is 6.61 Å². The minimum atomic E-state index is -4.98. The molecule has 0 atom stereocenters. The number of amides is 1. The molecule has 1 aromatic carbocycles. The zero-order valence-electron chi connectivity index (χ0n) is 11.6. The predicted octanol–water partition coefficient (Wildman–Crippen LogP) is 2.60. The SMILES string of the molecule is O=C(COc1cc(C(F)(F)F)cc(C(F)(F)F)c1)NCCCO. The Balaban J connectivity index is 2.87. The summed E-state index contributed by atoms with van der Waals surface area (Å²) in [5, 5.41) is 10.8. The summed E-state index contributed by atoms with van der Waals surface area (Å²) < 4.78 is 80.4. The topological polar surface area (TPSA) is 58.6 Å². The van der Waals surface area contributed by atoms with Gasteiger partial charge in [0.05, 0.1) is 11.1 Å². The number of aliphatic hydroxyl groups excluding tert-OH is 1. The van der Waals surface area contributed by atoms with E-state index in [1.807, 2.05) is 0 Å². The van der Waals surface area contributed by atoms with Crippen LogP contribution in [0.2, 0.25) is 0 Å². The molecule has 0 aliphatic rings. The third kappa shape index (κ3) is 6.35. The van der Waals surface area contributed by atoms with Gasteiger partial charge >= 0.3 is 12.4 Å². The number of hydrogen-bond donors (Lipinski definition) is 2. The van der Waals surface area contributed by atoms with Gasteiger partial charge < -0.3 is 15.2 Å². The fourth-order valence-corrected chi connectivity index (χ4v) is 1.52. The molecular formula is C13H13F6NO3. The number of aliphatic hydroxyl groups is 1. The van der Waals surface area contributed by atoms with Crippen molar-refractivity contribution in [2.75, 3.05) is 19.8 Å². The lowest BCUT2D eigenvalue weighted by Gasteiger charge is -2.14. The molecule has 1 rings (SSSR count). The highest BCUT2D eigenvalue weighted by atomic mass is 19.4. The molecule has 0 unspecified atom stereocenters. The van der Waals surface area contributed by atoms with Crippen molar-refractivity contribution in [3.63, 3.8) is 0 Å². The minimum absolute atomic E-state index is 0.0336. The van der Waals surface area contributed by atoms with Gasteiger partial charge in [0.2, 0.25) is 0 Å². The van der Waals surface area contributed by atoms with Gasteiger partial charge in [-0.25, -0.2) is 0 Å². The third-order valence-corrected chi connectivity index (χ3v) is 2.59. The van der Waals surface area contributed by atoms with Crippen LogP contribution in [0.1, 0.15) is 17.5 Å². The number of benzene rings is 1. The quantitative estimate of drug-likeness (QED) is 0.616. The number of carbonyl (C=O) groups excluding carboxylic acids is 1. The molecule has 0 radical (unpaired) electrons. The molecule has 0 aliphatic heterocycles. The van der Waals surface area contributed by atoms with Crippen LogP contribution < -0.4 is 10.1 Å². The molecule has 0 saturated heterocycles. The van der Waals surface area contributed by atoms with E-state index < -0.39 is 41.7 Å². The third-order valence-electron chi connectivity index (χ3n) is 2.59. The summed E-state index contributed by atoms with van der Waals surface area (Å²) in [4.78, 5) is 11.3. The van der Waals surface area contributed by atoms with Crippen molar-refractivity contribution in [2.45, 2.75) is 18.8 Å². The van der Waals surface area contributed by atoms with Gasteiger partial charge in [0.25, 0.3) is 5.91 Å². The molecule has 130 valence electrons. The van der Waals surface area contributed by atoms with Crippen molar-refractivity contribution in [3.8, 4) is 5.75 Å². The van der Waals surface area contributed by atoms with Crippen molar-refractivity contribution < 1.29 is 41.0 Å². The van der Waals surface area contributed by atoms with E-state index >= 15 is 0 Å². The highest BCUT2D eigenvalue weighted by molar-refractivity contribution is 5.77. The summed E-state index contributed by atoms with van der Waals surface area (Å²) >= 11 is 0. The van der Waals surface area contributed by atoms with E-state index in [2.05, 4.69) is 5.32 Å². The predicted molar refractivity (Wildman–Crippen MR) is 66.7 cm³/mol. The van der Waals surface area contributed by atoms with Crippen LogP contribution >= 0.6 is 0 Å². The molecule has 23 heavy (non-hydrogen) atoms. The number of ether oxygens (including phenoxy) is 1. The second kappa shape index (κ2) is 7.53. The van der Waals surface area contributed by atoms with Crippen LogP contribution in [-0.2, 0) is 17.1 Å². The number of rotatable bonds is 6. The fraction of sp³-hybridized carbons (Fsp3) is 0.462. The Hall–Kier alpha value is -1.97. The number of nitrogens with one attached hydrogen (secondary N) is 1. The molecule has 0 bridgehead atoms. The first kappa shape index (κ1) is 19.1. The highest BCUT2D eigenvalue weighted by Gasteiger charge is 2.37. The highest BCUT2D eigenvalue weighted by Crippen LogP contribution is 2.38. The maximum absolute atomic E-state index is 12.6. The molecule has 0 aliphatic carbocycles. The first-order valence-electron chi connectivity index (χ1n) is 6.34. The number of hydrogen-bond acceptors (Lipinski definition) is 3. The van der Waals surface area contributed by atoms with Gasteiger partial charge in [0, 0.05) is 13.2 Å². The molecule has 0 spiro atoms. The molecule has 0 saturated carbocycles. The lowest BCUT2D eigenvalue weighted by Crippen LogP contribution is -2.30. The first-order chi connectivity index (χ1) is 10.5. The van der Waals surface area contributed by atoms with Gasteiger partial charge in [-0.3, -0.25) is 4.79 Å². The van der Waals surface area contributed by atoms with E-state index in [-0.39, 0.29) is 25.6 Å². The molecule has 0 aromatic heterocycles.